The van der Waals surface area contributed by atoms with E-state index in [1.165, 1.54) is 4.90 Å². The van der Waals surface area contributed by atoms with Crippen molar-refractivity contribution in [3.8, 4) is 12.0 Å². The Morgan fingerprint density at radius 2 is 2.11 bits per heavy atom. The third-order valence-corrected chi connectivity index (χ3v) is 4.36. The first-order chi connectivity index (χ1) is 13.0. The molecule has 1 fully saturated rings. The van der Waals surface area contributed by atoms with Crippen LogP contribution in [-0.4, -0.2) is 57.8 Å². The maximum atomic E-state index is 12.4. The normalized spacial score (nSPS) is 18.3. The predicted octanol–water partition coefficient (Wildman–Crippen LogP) is 2.49. The van der Waals surface area contributed by atoms with E-state index in [1.807, 2.05) is 36.4 Å². The van der Waals surface area contributed by atoms with Gasteiger partial charge in [0.2, 0.25) is 0 Å². The molecular formula is C21H26N2O4. The van der Waals surface area contributed by atoms with Crippen molar-refractivity contribution in [1.29, 1.82) is 0 Å². The lowest BCUT2D eigenvalue weighted by molar-refractivity contribution is -0.137. The Balaban J connectivity index is 1.98. The molecule has 2 rings (SSSR count). The number of amides is 2. The van der Waals surface area contributed by atoms with Crippen LogP contribution >= 0.6 is 0 Å². The van der Waals surface area contributed by atoms with Gasteiger partial charge in [0.15, 0.2) is 0 Å². The van der Waals surface area contributed by atoms with Crippen LogP contribution in [0.4, 0.5) is 4.79 Å². The van der Waals surface area contributed by atoms with Crippen LogP contribution in [0.25, 0.3) is 0 Å². The van der Waals surface area contributed by atoms with E-state index in [1.54, 1.807) is 18.0 Å². The molecule has 2 N–H and O–H groups in total. The van der Waals surface area contributed by atoms with E-state index in [4.69, 9.17) is 5.11 Å². The van der Waals surface area contributed by atoms with E-state index in [0.717, 1.165) is 12.0 Å². The smallest absolute Gasteiger partial charge is 0.331 e. The third kappa shape index (κ3) is 6.80. The molecule has 27 heavy (non-hydrogen) atoms. The lowest BCUT2D eigenvalue weighted by Crippen LogP contribution is -2.50. The highest BCUT2D eigenvalue weighted by atomic mass is 16.4. The number of carboxylic acid groups (broad SMARTS) is 1. The molecule has 2 atom stereocenters. The average Bonchev–Trinajstić information content (AvgIpc) is 2.64. The highest BCUT2D eigenvalue weighted by Crippen LogP contribution is 2.16. The van der Waals surface area contributed by atoms with Gasteiger partial charge in [0.25, 0.3) is 0 Å². The van der Waals surface area contributed by atoms with Crippen LogP contribution in [0.5, 0.6) is 0 Å². The van der Waals surface area contributed by atoms with Crippen LogP contribution in [0.15, 0.2) is 42.5 Å². The van der Waals surface area contributed by atoms with E-state index < -0.39 is 12.1 Å². The minimum absolute atomic E-state index is 0.0670. The summed E-state index contributed by atoms with van der Waals surface area (Å²) >= 11 is 0. The van der Waals surface area contributed by atoms with E-state index >= 15 is 0 Å². The van der Waals surface area contributed by atoms with Gasteiger partial charge in [0, 0.05) is 38.9 Å². The van der Waals surface area contributed by atoms with Gasteiger partial charge < -0.3 is 15.1 Å². The molecular weight excluding hydrogens is 344 g/mol. The van der Waals surface area contributed by atoms with Crippen molar-refractivity contribution < 1.29 is 19.8 Å². The third-order valence-electron chi connectivity index (χ3n) is 4.36. The van der Waals surface area contributed by atoms with Gasteiger partial charge in [-0.15, -0.1) is 0 Å². The Kier molecular flexibility index (Phi) is 7.90. The number of nitrogens with zero attached hydrogens (tertiary/aromatic N) is 2. The molecule has 0 spiro atoms. The van der Waals surface area contributed by atoms with Gasteiger partial charge in [-0.1, -0.05) is 48.4 Å². The fraction of sp³-hybridized carbons (Fsp3) is 0.429. The number of carbonyl (C=O) groups excluding carboxylic acids is 1. The average molecular weight is 370 g/mol. The van der Waals surface area contributed by atoms with E-state index in [0.29, 0.717) is 25.8 Å². The fourth-order valence-corrected chi connectivity index (χ4v) is 2.84. The molecule has 2 amide bonds. The summed E-state index contributed by atoms with van der Waals surface area (Å²) in [5.74, 6) is 2.04. The van der Waals surface area contributed by atoms with Crippen LogP contribution in [0.3, 0.4) is 0 Å². The molecule has 1 saturated heterocycles. The molecule has 144 valence electrons. The van der Waals surface area contributed by atoms with E-state index in [2.05, 4.69) is 12.0 Å². The summed E-state index contributed by atoms with van der Waals surface area (Å²) in [5.41, 5.74) is 1.05. The molecule has 0 bridgehead atoms. The largest absolute Gasteiger partial charge is 0.481 e. The standard InChI is InChI=1S/C21H26N2O4/c1-22-15-13-18(11-12-19(24)16-17-8-4-2-5-9-17)23(21(22)27)14-7-3-6-10-20(25)26/h2,4-5,8-9,11-12,18-19,24H,3,6,10,13,15-16H2,1H3,(H,25,26)/b12-11+/t18-,19?/m0/s1. The number of unbranched alkanes of at least 4 members (excludes halogenated alkanes) is 1. The predicted molar refractivity (Wildman–Crippen MR) is 103 cm³/mol. The Labute approximate surface area is 160 Å². The van der Waals surface area contributed by atoms with Crippen LogP contribution < -0.4 is 0 Å². The Morgan fingerprint density at radius 3 is 2.81 bits per heavy atom. The Bertz CT molecular complexity index is 721. The molecule has 1 aromatic rings. The number of rotatable bonds is 7. The minimum Gasteiger partial charge on any atom is -0.481 e. The number of aliphatic hydroxyl groups is 1. The molecule has 1 aliphatic heterocycles. The van der Waals surface area contributed by atoms with Crippen LogP contribution in [0, 0.1) is 12.0 Å². The summed E-state index contributed by atoms with van der Waals surface area (Å²) in [6.45, 7) is 0.625. The van der Waals surface area contributed by atoms with Crippen molar-refractivity contribution in [2.75, 3.05) is 13.6 Å². The highest BCUT2D eigenvalue weighted by molar-refractivity contribution is 5.77. The summed E-state index contributed by atoms with van der Waals surface area (Å²) in [7, 11) is 1.73. The monoisotopic (exact) mass is 370 g/mol. The quantitative estimate of drug-likeness (QED) is 0.439. The second kappa shape index (κ2) is 10.4. The lowest BCUT2D eigenvalue weighted by Gasteiger charge is -2.35. The lowest BCUT2D eigenvalue weighted by atomic mass is 10.0. The maximum Gasteiger partial charge on any atom is 0.331 e. The summed E-state index contributed by atoms with van der Waals surface area (Å²) < 4.78 is 0. The Morgan fingerprint density at radius 1 is 1.37 bits per heavy atom. The van der Waals surface area contributed by atoms with Crippen molar-refractivity contribution >= 4 is 12.0 Å². The van der Waals surface area contributed by atoms with Gasteiger partial charge in [-0.2, -0.15) is 0 Å². The Hall–Kier alpha value is -2.78. The number of carbonyl (C=O) groups is 2. The van der Waals surface area contributed by atoms with Crippen molar-refractivity contribution in [2.24, 2.45) is 0 Å². The summed E-state index contributed by atoms with van der Waals surface area (Å²) in [6.07, 6.45) is 5.10. The van der Waals surface area contributed by atoms with Crippen molar-refractivity contribution in [1.82, 2.24) is 9.80 Å². The zero-order valence-electron chi connectivity index (χ0n) is 15.5. The molecule has 6 nitrogen and oxygen atoms in total. The number of benzene rings is 1. The van der Waals surface area contributed by atoms with Crippen molar-refractivity contribution in [3.63, 3.8) is 0 Å². The molecule has 0 aliphatic carbocycles. The second-order valence-corrected chi connectivity index (χ2v) is 6.61. The number of carboxylic acids is 1. The topological polar surface area (TPSA) is 81.1 Å². The van der Waals surface area contributed by atoms with Gasteiger partial charge >= 0.3 is 12.0 Å². The molecule has 1 aromatic carbocycles. The van der Waals surface area contributed by atoms with Crippen LogP contribution in [-0.2, 0) is 11.2 Å². The minimum atomic E-state index is -0.848. The number of hydrogen-bond donors (Lipinski definition) is 2. The molecule has 1 unspecified atom stereocenters. The summed E-state index contributed by atoms with van der Waals surface area (Å²) in [4.78, 5) is 26.0. The zero-order valence-corrected chi connectivity index (χ0v) is 15.5. The summed E-state index contributed by atoms with van der Waals surface area (Å²) in [6, 6.07) is 12.2. The summed E-state index contributed by atoms with van der Waals surface area (Å²) in [5, 5.41) is 18.9. The molecule has 1 aliphatic rings. The highest BCUT2D eigenvalue weighted by Gasteiger charge is 2.29. The van der Waals surface area contributed by atoms with E-state index in [9.17, 15) is 14.7 Å². The SMILES string of the molecule is CN1CC[C@H](/C=C/C(O)Cc2ccccc2)N(C#CCCCC(=O)O)C1=O. The molecule has 0 aromatic heterocycles. The van der Waals surface area contributed by atoms with Crippen molar-refractivity contribution in [2.45, 2.75) is 44.2 Å². The molecule has 1 heterocycles. The zero-order chi connectivity index (χ0) is 19.6. The first-order valence-electron chi connectivity index (χ1n) is 9.12. The van der Waals surface area contributed by atoms with Gasteiger partial charge in [0.1, 0.15) is 0 Å². The first kappa shape index (κ1) is 20.5. The molecule has 6 heteroatoms. The van der Waals surface area contributed by atoms with Crippen LogP contribution in [0.2, 0.25) is 0 Å². The van der Waals surface area contributed by atoms with Gasteiger partial charge in [0.05, 0.1) is 12.1 Å². The van der Waals surface area contributed by atoms with Gasteiger partial charge in [-0.05, 0) is 18.4 Å². The molecule has 0 saturated carbocycles. The number of hydrogen-bond acceptors (Lipinski definition) is 3. The maximum absolute atomic E-state index is 12.4. The number of aliphatic carboxylic acids is 1. The van der Waals surface area contributed by atoms with E-state index in [-0.39, 0.29) is 18.5 Å². The fourth-order valence-electron chi connectivity index (χ4n) is 2.84. The second-order valence-electron chi connectivity index (χ2n) is 6.61. The van der Waals surface area contributed by atoms with Crippen molar-refractivity contribution in [3.05, 3.63) is 48.0 Å². The van der Waals surface area contributed by atoms with Crippen LogP contribution in [0.1, 0.15) is 31.2 Å². The number of urea groups is 1. The van der Waals surface area contributed by atoms with Gasteiger partial charge in [-0.25, -0.2) is 9.69 Å². The molecule has 0 radical (unpaired) electrons. The number of aliphatic hydroxyl groups excluding tert-OH is 1. The van der Waals surface area contributed by atoms with Gasteiger partial charge in [-0.3, -0.25) is 4.79 Å². The first-order valence-corrected chi connectivity index (χ1v) is 9.12.